The minimum absolute atomic E-state index is 0.315. The van der Waals surface area contributed by atoms with Crippen molar-refractivity contribution in [1.82, 2.24) is 9.80 Å². The van der Waals surface area contributed by atoms with Crippen LogP contribution >= 0.6 is 0 Å². The van der Waals surface area contributed by atoms with Crippen LogP contribution in [-0.4, -0.2) is 60.3 Å². The molecular formula is C14H26N2O. The second kappa shape index (κ2) is 4.52. The molecule has 98 valence electrons. The fraction of sp³-hybridized carbons (Fsp3) is 1.00. The maximum atomic E-state index is 5.66. The van der Waals surface area contributed by atoms with E-state index in [2.05, 4.69) is 23.6 Å². The Morgan fingerprint density at radius 2 is 2.24 bits per heavy atom. The molecule has 0 amide bonds. The zero-order valence-electron chi connectivity index (χ0n) is 11.3. The third-order valence-corrected chi connectivity index (χ3v) is 5.16. The Bertz CT molecular complexity index is 275. The molecule has 0 aromatic heterocycles. The van der Waals surface area contributed by atoms with Gasteiger partial charge in [0, 0.05) is 37.3 Å². The number of hydrogen-bond donors (Lipinski definition) is 0. The van der Waals surface area contributed by atoms with Gasteiger partial charge in [0.1, 0.15) is 0 Å². The van der Waals surface area contributed by atoms with E-state index in [9.17, 15) is 0 Å². The highest BCUT2D eigenvalue weighted by Crippen LogP contribution is 2.34. The quantitative estimate of drug-likeness (QED) is 0.728. The Hall–Kier alpha value is -0.120. The molecular weight excluding hydrogens is 212 g/mol. The number of rotatable bonds is 2. The molecule has 0 spiro atoms. The molecule has 0 aliphatic carbocycles. The zero-order chi connectivity index (χ0) is 11.9. The molecule has 3 heterocycles. The molecule has 0 aromatic rings. The van der Waals surface area contributed by atoms with Crippen molar-refractivity contribution < 1.29 is 4.74 Å². The lowest BCUT2D eigenvalue weighted by molar-refractivity contribution is -0.0277. The van der Waals surface area contributed by atoms with Crippen LogP contribution in [0.1, 0.15) is 39.5 Å². The van der Waals surface area contributed by atoms with Crippen molar-refractivity contribution >= 4 is 0 Å². The van der Waals surface area contributed by atoms with Crippen molar-refractivity contribution in [3.63, 3.8) is 0 Å². The summed E-state index contributed by atoms with van der Waals surface area (Å²) in [4.78, 5) is 5.51. The zero-order valence-corrected chi connectivity index (χ0v) is 11.3. The number of ether oxygens (including phenoxy) is 1. The second-order valence-electron chi connectivity index (χ2n) is 6.30. The summed E-state index contributed by atoms with van der Waals surface area (Å²) < 4.78 is 5.66. The molecule has 0 aromatic carbocycles. The monoisotopic (exact) mass is 238 g/mol. The first-order valence-corrected chi connectivity index (χ1v) is 7.31. The standard InChI is InChI=1S/C14H26N2O/c1-3-12-9-15-7-4-5-13(15)10-16(12)14(2)6-8-17-11-14/h12-13H,3-11H2,1-2H3. The summed E-state index contributed by atoms with van der Waals surface area (Å²) in [6, 6.07) is 1.58. The molecule has 0 saturated carbocycles. The molecule has 3 heteroatoms. The van der Waals surface area contributed by atoms with Crippen LogP contribution in [0.4, 0.5) is 0 Å². The van der Waals surface area contributed by atoms with Crippen LogP contribution in [0, 0.1) is 0 Å². The minimum Gasteiger partial charge on any atom is -0.379 e. The number of piperazine rings is 1. The summed E-state index contributed by atoms with van der Waals surface area (Å²) in [6.45, 7) is 10.5. The lowest BCUT2D eigenvalue weighted by atomic mass is 9.92. The van der Waals surface area contributed by atoms with E-state index in [1.54, 1.807) is 0 Å². The third kappa shape index (κ3) is 2.02. The van der Waals surface area contributed by atoms with Crippen molar-refractivity contribution in [1.29, 1.82) is 0 Å². The van der Waals surface area contributed by atoms with Gasteiger partial charge in [-0.05, 0) is 39.2 Å². The summed E-state index contributed by atoms with van der Waals surface area (Å²) in [5, 5.41) is 0. The topological polar surface area (TPSA) is 15.7 Å². The van der Waals surface area contributed by atoms with Gasteiger partial charge in [0.15, 0.2) is 0 Å². The smallest absolute Gasteiger partial charge is 0.0648 e. The molecule has 3 rings (SSSR count). The van der Waals surface area contributed by atoms with Crippen LogP contribution in [0.2, 0.25) is 0 Å². The molecule has 17 heavy (non-hydrogen) atoms. The number of nitrogens with zero attached hydrogens (tertiary/aromatic N) is 2. The Morgan fingerprint density at radius 3 is 2.94 bits per heavy atom. The van der Waals surface area contributed by atoms with E-state index >= 15 is 0 Å². The van der Waals surface area contributed by atoms with E-state index < -0.39 is 0 Å². The number of hydrogen-bond acceptors (Lipinski definition) is 3. The largest absolute Gasteiger partial charge is 0.379 e. The van der Waals surface area contributed by atoms with Gasteiger partial charge in [-0.2, -0.15) is 0 Å². The predicted molar refractivity (Wildman–Crippen MR) is 69.2 cm³/mol. The van der Waals surface area contributed by atoms with Gasteiger partial charge in [-0.1, -0.05) is 6.92 Å². The fourth-order valence-corrected chi connectivity index (χ4v) is 3.98. The van der Waals surface area contributed by atoms with Crippen LogP contribution in [-0.2, 0) is 4.74 Å². The Balaban J connectivity index is 1.77. The van der Waals surface area contributed by atoms with Gasteiger partial charge in [0.2, 0.25) is 0 Å². The van der Waals surface area contributed by atoms with E-state index in [1.165, 1.54) is 45.3 Å². The Kier molecular flexibility index (Phi) is 3.18. The summed E-state index contributed by atoms with van der Waals surface area (Å²) >= 11 is 0. The fourth-order valence-electron chi connectivity index (χ4n) is 3.98. The normalized spacial score (nSPS) is 44.1. The van der Waals surface area contributed by atoms with Crippen LogP contribution in [0.15, 0.2) is 0 Å². The van der Waals surface area contributed by atoms with E-state index in [-0.39, 0.29) is 0 Å². The first-order chi connectivity index (χ1) is 8.23. The molecule has 3 aliphatic heterocycles. The van der Waals surface area contributed by atoms with E-state index in [0.29, 0.717) is 5.54 Å². The lowest BCUT2D eigenvalue weighted by Gasteiger charge is -2.50. The maximum absolute atomic E-state index is 5.66. The van der Waals surface area contributed by atoms with Crippen molar-refractivity contribution in [3.05, 3.63) is 0 Å². The van der Waals surface area contributed by atoms with Crippen molar-refractivity contribution in [2.75, 3.05) is 32.8 Å². The van der Waals surface area contributed by atoms with Crippen LogP contribution in [0.5, 0.6) is 0 Å². The molecule has 3 saturated heterocycles. The molecule has 0 radical (unpaired) electrons. The highest BCUT2D eigenvalue weighted by atomic mass is 16.5. The maximum Gasteiger partial charge on any atom is 0.0648 e. The van der Waals surface area contributed by atoms with Crippen molar-refractivity contribution in [3.8, 4) is 0 Å². The van der Waals surface area contributed by atoms with Gasteiger partial charge in [0.05, 0.1) is 6.61 Å². The van der Waals surface area contributed by atoms with Gasteiger partial charge in [0.25, 0.3) is 0 Å². The first kappa shape index (κ1) is 11.9. The summed E-state index contributed by atoms with van der Waals surface area (Å²) in [7, 11) is 0. The average Bonchev–Trinajstić information content (AvgIpc) is 2.95. The van der Waals surface area contributed by atoms with Crippen LogP contribution in [0.3, 0.4) is 0 Å². The predicted octanol–water partition coefficient (Wildman–Crippen LogP) is 1.72. The van der Waals surface area contributed by atoms with Crippen LogP contribution in [0.25, 0.3) is 0 Å². The number of fused-ring (bicyclic) bond motifs is 1. The second-order valence-corrected chi connectivity index (χ2v) is 6.30. The average molecular weight is 238 g/mol. The van der Waals surface area contributed by atoms with Crippen LogP contribution < -0.4 is 0 Å². The molecule has 3 nitrogen and oxygen atoms in total. The van der Waals surface area contributed by atoms with Gasteiger partial charge in [-0.25, -0.2) is 0 Å². The lowest BCUT2D eigenvalue weighted by Crippen LogP contribution is -2.63. The molecule has 3 aliphatic rings. The summed E-state index contributed by atoms with van der Waals surface area (Å²) in [5.41, 5.74) is 0.315. The van der Waals surface area contributed by atoms with Crippen molar-refractivity contribution in [2.45, 2.75) is 57.2 Å². The third-order valence-electron chi connectivity index (χ3n) is 5.16. The minimum atomic E-state index is 0.315. The SMILES string of the molecule is CCC1CN2CCCC2CN1C1(C)CCOC1. The van der Waals surface area contributed by atoms with Gasteiger partial charge in [-0.15, -0.1) is 0 Å². The summed E-state index contributed by atoms with van der Waals surface area (Å²) in [5.74, 6) is 0. The van der Waals surface area contributed by atoms with E-state index in [0.717, 1.165) is 25.3 Å². The van der Waals surface area contributed by atoms with E-state index in [1.807, 2.05) is 0 Å². The molecule has 0 N–H and O–H groups in total. The molecule has 3 unspecified atom stereocenters. The summed E-state index contributed by atoms with van der Waals surface area (Å²) in [6.07, 6.45) is 5.31. The highest BCUT2D eigenvalue weighted by Gasteiger charge is 2.45. The molecule has 3 atom stereocenters. The Labute approximate surface area is 105 Å². The van der Waals surface area contributed by atoms with Gasteiger partial charge < -0.3 is 4.74 Å². The molecule has 3 fully saturated rings. The molecule has 0 bridgehead atoms. The Morgan fingerprint density at radius 1 is 1.35 bits per heavy atom. The van der Waals surface area contributed by atoms with E-state index in [4.69, 9.17) is 4.74 Å². The highest BCUT2D eigenvalue weighted by molar-refractivity contribution is 5.00. The van der Waals surface area contributed by atoms with Gasteiger partial charge in [-0.3, -0.25) is 9.80 Å². The first-order valence-electron chi connectivity index (χ1n) is 7.31. The van der Waals surface area contributed by atoms with Crippen molar-refractivity contribution in [2.24, 2.45) is 0 Å². The van der Waals surface area contributed by atoms with Gasteiger partial charge >= 0.3 is 0 Å².